The van der Waals surface area contributed by atoms with Crippen molar-refractivity contribution >= 4 is 17.8 Å². The summed E-state index contributed by atoms with van der Waals surface area (Å²) >= 11 is 0. The maximum absolute atomic E-state index is 11.8. The van der Waals surface area contributed by atoms with Crippen LogP contribution in [0, 0.1) is 5.41 Å². The highest BCUT2D eigenvalue weighted by atomic mass is 16.4. The zero-order chi connectivity index (χ0) is 15.2. The van der Waals surface area contributed by atoms with Gasteiger partial charge in [0.15, 0.2) is 0 Å². The lowest BCUT2D eigenvalue weighted by Crippen LogP contribution is -2.44. The summed E-state index contributed by atoms with van der Waals surface area (Å²) in [5, 5.41) is 11.8. The van der Waals surface area contributed by atoms with Gasteiger partial charge in [-0.1, -0.05) is 6.92 Å². The average Bonchev–Trinajstić information content (AvgIpc) is 2.45. The SMILES string of the molecule is CCC(C)(CNC(=O)CN(C)c1ncccn1)C(=O)O. The highest BCUT2D eigenvalue weighted by molar-refractivity contribution is 5.82. The Hall–Kier alpha value is -2.18. The molecule has 1 unspecified atom stereocenters. The Balaban J connectivity index is 2.50. The summed E-state index contributed by atoms with van der Waals surface area (Å²) in [5.41, 5.74) is -0.947. The van der Waals surface area contributed by atoms with Gasteiger partial charge in [0.1, 0.15) is 0 Å². The quantitative estimate of drug-likeness (QED) is 0.756. The van der Waals surface area contributed by atoms with Crippen LogP contribution in [0.25, 0.3) is 0 Å². The maximum Gasteiger partial charge on any atom is 0.311 e. The van der Waals surface area contributed by atoms with Crippen molar-refractivity contribution in [1.82, 2.24) is 15.3 Å². The Morgan fingerprint density at radius 1 is 1.40 bits per heavy atom. The van der Waals surface area contributed by atoms with E-state index in [9.17, 15) is 9.59 Å². The van der Waals surface area contributed by atoms with Crippen LogP contribution in [0.5, 0.6) is 0 Å². The maximum atomic E-state index is 11.8. The Morgan fingerprint density at radius 3 is 2.50 bits per heavy atom. The van der Waals surface area contributed by atoms with Gasteiger partial charge in [-0.3, -0.25) is 9.59 Å². The van der Waals surface area contributed by atoms with Crippen LogP contribution < -0.4 is 10.2 Å². The molecule has 7 heteroatoms. The normalized spacial score (nSPS) is 13.3. The van der Waals surface area contributed by atoms with Crippen molar-refractivity contribution in [3.8, 4) is 0 Å². The van der Waals surface area contributed by atoms with Crippen LogP contribution in [-0.4, -0.2) is 47.1 Å². The summed E-state index contributed by atoms with van der Waals surface area (Å²) in [7, 11) is 1.70. The average molecular weight is 280 g/mol. The number of nitrogens with one attached hydrogen (secondary N) is 1. The van der Waals surface area contributed by atoms with Crippen molar-refractivity contribution in [2.75, 3.05) is 25.0 Å². The summed E-state index contributed by atoms with van der Waals surface area (Å²) in [6, 6.07) is 1.69. The van der Waals surface area contributed by atoms with E-state index in [-0.39, 0.29) is 19.0 Å². The molecule has 0 aromatic carbocycles. The largest absolute Gasteiger partial charge is 0.481 e. The van der Waals surface area contributed by atoms with Gasteiger partial charge in [0.2, 0.25) is 11.9 Å². The number of carbonyl (C=O) groups excluding carboxylic acids is 1. The lowest BCUT2D eigenvalue weighted by molar-refractivity contribution is -0.148. The van der Waals surface area contributed by atoms with E-state index in [2.05, 4.69) is 15.3 Å². The monoisotopic (exact) mass is 280 g/mol. The standard InChI is InChI=1S/C13H20N4O3/c1-4-13(2,11(19)20)9-16-10(18)8-17(3)12-14-6-5-7-15-12/h5-7H,4,8-9H2,1-3H3,(H,16,18)(H,19,20). The lowest BCUT2D eigenvalue weighted by atomic mass is 9.88. The van der Waals surface area contributed by atoms with Crippen molar-refractivity contribution in [2.24, 2.45) is 5.41 Å². The van der Waals surface area contributed by atoms with Crippen LogP contribution in [-0.2, 0) is 9.59 Å². The van der Waals surface area contributed by atoms with Crippen LogP contribution in [0.3, 0.4) is 0 Å². The fourth-order valence-corrected chi connectivity index (χ4v) is 1.48. The molecule has 1 aromatic heterocycles. The molecule has 2 N–H and O–H groups in total. The van der Waals surface area contributed by atoms with Crippen molar-refractivity contribution < 1.29 is 14.7 Å². The molecule has 1 atom stereocenters. The molecule has 1 aromatic rings. The van der Waals surface area contributed by atoms with Crippen molar-refractivity contribution in [3.63, 3.8) is 0 Å². The first-order chi connectivity index (χ1) is 9.39. The Labute approximate surface area is 118 Å². The second-order valence-electron chi connectivity index (χ2n) is 4.90. The van der Waals surface area contributed by atoms with E-state index in [0.29, 0.717) is 12.4 Å². The van der Waals surface area contributed by atoms with Crippen LogP contribution in [0.1, 0.15) is 20.3 Å². The molecule has 0 aliphatic carbocycles. The minimum Gasteiger partial charge on any atom is -0.481 e. The van der Waals surface area contributed by atoms with Gasteiger partial charge in [-0.05, 0) is 19.4 Å². The molecule has 110 valence electrons. The third-order valence-electron chi connectivity index (χ3n) is 3.25. The van der Waals surface area contributed by atoms with Gasteiger partial charge in [0.25, 0.3) is 0 Å². The molecule has 0 radical (unpaired) electrons. The van der Waals surface area contributed by atoms with Gasteiger partial charge in [0, 0.05) is 26.0 Å². The first kappa shape index (κ1) is 15.9. The number of amides is 1. The third-order valence-corrected chi connectivity index (χ3v) is 3.25. The summed E-state index contributed by atoms with van der Waals surface area (Å²) in [4.78, 5) is 32.6. The zero-order valence-corrected chi connectivity index (χ0v) is 12.0. The Morgan fingerprint density at radius 2 is 2.00 bits per heavy atom. The van der Waals surface area contributed by atoms with Gasteiger partial charge in [-0.25, -0.2) is 9.97 Å². The predicted molar refractivity (Wildman–Crippen MR) is 74.3 cm³/mol. The molecule has 7 nitrogen and oxygen atoms in total. The van der Waals surface area contributed by atoms with Crippen LogP contribution in [0.4, 0.5) is 5.95 Å². The summed E-state index contributed by atoms with van der Waals surface area (Å²) in [6.07, 6.45) is 3.63. The number of aliphatic carboxylic acids is 1. The predicted octanol–water partition coefficient (Wildman–Crippen LogP) is 0.530. The number of likely N-dealkylation sites (N-methyl/N-ethyl adjacent to an activating group) is 1. The van der Waals surface area contributed by atoms with Crippen molar-refractivity contribution in [1.29, 1.82) is 0 Å². The molecule has 1 heterocycles. The molecule has 1 amide bonds. The first-order valence-electron chi connectivity index (χ1n) is 6.37. The van der Waals surface area contributed by atoms with Crippen LogP contribution >= 0.6 is 0 Å². The highest BCUT2D eigenvalue weighted by Gasteiger charge is 2.31. The number of hydrogen-bond acceptors (Lipinski definition) is 5. The molecular weight excluding hydrogens is 260 g/mol. The number of nitrogens with zero attached hydrogens (tertiary/aromatic N) is 3. The van der Waals surface area contributed by atoms with Gasteiger partial charge in [-0.15, -0.1) is 0 Å². The van der Waals surface area contributed by atoms with Crippen molar-refractivity contribution in [3.05, 3.63) is 18.5 Å². The van der Waals surface area contributed by atoms with E-state index in [1.807, 2.05) is 0 Å². The van der Waals surface area contributed by atoms with Crippen LogP contribution in [0.2, 0.25) is 0 Å². The molecule has 20 heavy (non-hydrogen) atoms. The topological polar surface area (TPSA) is 95.4 Å². The second-order valence-corrected chi connectivity index (χ2v) is 4.90. The first-order valence-corrected chi connectivity index (χ1v) is 6.37. The van der Waals surface area contributed by atoms with E-state index < -0.39 is 11.4 Å². The minimum absolute atomic E-state index is 0.0728. The van der Waals surface area contributed by atoms with Gasteiger partial charge in [0.05, 0.1) is 12.0 Å². The number of rotatable bonds is 7. The van der Waals surface area contributed by atoms with E-state index in [0.717, 1.165) is 0 Å². The molecule has 0 spiro atoms. The zero-order valence-electron chi connectivity index (χ0n) is 12.0. The molecule has 0 bridgehead atoms. The number of carboxylic acid groups (broad SMARTS) is 1. The molecule has 1 rings (SSSR count). The number of aromatic nitrogens is 2. The summed E-state index contributed by atoms with van der Waals surface area (Å²) in [5.74, 6) is -0.736. The molecule has 0 saturated carbocycles. The Kier molecular flexibility index (Phi) is 5.42. The van der Waals surface area contributed by atoms with E-state index in [1.54, 1.807) is 44.3 Å². The number of hydrogen-bond donors (Lipinski definition) is 2. The molecule has 0 aliphatic rings. The van der Waals surface area contributed by atoms with Crippen LogP contribution in [0.15, 0.2) is 18.5 Å². The van der Waals surface area contributed by atoms with E-state index in [1.165, 1.54) is 0 Å². The fourth-order valence-electron chi connectivity index (χ4n) is 1.48. The van der Waals surface area contributed by atoms with Gasteiger partial charge in [-0.2, -0.15) is 0 Å². The third kappa shape index (κ3) is 4.18. The number of carboxylic acids is 1. The smallest absolute Gasteiger partial charge is 0.311 e. The van der Waals surface area contributed by atoms with Gasteiger partial charge < -0.3 is 15.3 Å². The van der Waals surface area contributed by atoms with E-state index >= 15 is 0 Å². The minimum atomic E-state index is -0.947. The van der Waals surface area contributed by atoms with Crippen molar-refractivity contribution in [2.45, 2.75) is 20.3 Å². The summed E-state index contributed by atoms with van der Waals surface area (Å²) in [6.45, 7) is 3.56. The highest BCUT2D eigenvalue weighted by Crippen LogP contribution is 2.19. The number of carbonyl (C=O) groups is 2. The molecule has 0 saturated heterocycles. The molecule has 0 fully saturated rings. The molecular formula is C13H20N4O3. The molecule has 0 aliphatic heterocycles. The number of anilines is 1. The van der Waals surface area contributed by atoms with E-state index in [4.69, 9.17) is 5.11 Å². The van der Waals surface area contributed by atoms with Gasteiger partial charge >= 0.3 is 5.97 Å². The summed E-state index contributed by atoms with van der Waals surface area (Å²) < 4.78 is 0. The Bertz CT molecular complexity index is 466. The lowest BCUT2D eigenvalue weighted by Gasteiger charge is -2.24. The fraction of sp³-hybridized carbons (Fsp3) is 0.538. The second kappa shape index (κ2) is 6.83.